The van der Waals surface area contributed by atoms with Crippen LogP contribution in [0.15, 0.2) is 12.2 Å². The van der Waals surface area contributed by atoms with Crippen molar-refractivity contribution in [1.82, 2.24) is 0 Å². The maximum Gasteiger partial charge on any atom is 0.115 e. The fraction of sp³-hybridized carbons (Fsp3) is 0.571. The lowest BCUT2D eigenvalue weighted by atomic mass is 10.2. The van der Waals surface area contributed by atoms with Gasteiger partial charge in [-0.3, -0.25) is 0 Å². The molecule has 0 aromatic rings. The minimum atomic E-state index is -0.548. The minimum absolute atomic E-state index is 0.548. The van der Waals surface area contributed by atoms with E-state index in [0.29, 0.717) is 12.8 Å². The highest BCUT2D eigenvalue weighted by atomic mass is 16.3. The van der Waals surface area contributed by atoms with Crippen LogP contribution in [0.2, 0.25) is 0 Å². The molecule has 0 radical (unpaired) electrons. The molecule has 0 saturated carbocycles. The predicted octanol–water partition coefficient (Wildman–Crippen LogP) is 1.87. The second-order valence-electron chi connectivity index (χ2n) is 3.52. The van der Waals surface area contributed by atoms with E-state index in [1.165, 1.54) is 0 Å². The van der Waals surface area contributed by atoms with Crippen molar-refractivity contribution in [3.63, 3.8) is 0 Å². The predicted molar refractivity (Wildman–Crippen MR) is 66.5 cm³/mol. The van der Waals surface area contributed by atoms with Gasteiger partial charge < -0.3 is 10.2 Å². The van der Waals surface area contributed by atoms with Crippen LogP contribution in [-0.2, 0) is 0 Å². The molecule has 2 N–H and O–H groups in total. The maximum absolute atomic E-state index is 9.28. The fourth-order valence-corrected chi connectivity index (χ4v) is 1.06. The summed E-state index contributed by atoms with van der Waals surface area (Å²) in [6.45, 7) is 4.00. The Kier molecular flexibility index (Phi) is 9.52. The number of aliphatic hydroxyl groups excluding tert-OH is 2. The van der Waals surface area contributed by atoms with Gasteiger partial charge in [-0.1, -0.05) is 50.4 Å². The highest BCUT2D eigenvalue weighted by Crippen LogP contribution is 1.93. The van der Waals surface area contributed by atoms with Crippen molar-refractivity contribution in [2.75, 3.05) is 0 Å². The summed E-state index contributed by atoms with van der Waals surface area (Å²) in [7, 11) is 0. The summed E-state index contributed by atoms with van der Waals surface area (Å²) in [4.78, 5) is 0. The Balaban J connectivity index is 3.92. The number of hydrogen-bond acceptors (Lipinski definition) is 2. The lowest BCUT2D eigenvalue weighted by Crippen LogP contribution is -2.00. The third-order valence-corrected chi connectivity index (χ3v) is 1.87. The van der Waals surface area contributed by atoms with Gasteiger partial charge in [0.15, 0.2) is 0 Å². The SMILES string of the molecule is CCC[C@H](O)C#C/C=C\C#C[C@@H](O)CCC. The molecule has 2 heteroatoms. The first-order chi connectivity index (χ1) is 7.70. The molecule has 0 aliphatic heterocycles. The topological polar surface area (TPSA) is 40.5 Å². The smallest absolute Gasteiger partial charge is 0.115 e. The Morgan fingerprint density at radius 2 is 1.25 bits per heavy atom. The molecule has 0 fully saturated rings. The molecule has 88 valence electrons. The minimum Gasteiger partial charge on any atom is -0.380 e. The summed E-state index contributed by atoms with van der Waals surface area (Å²) in [6.07, 6.45) is 5.31. The number of rotatable bonds is 4. The quantitative estimate of drug-likeness (QED) is 0.710. The molecular weight excluding hydrogens is 200 g/mol. The van der Waals surface area contributed by atoms with Crippen molar-refractivity contribution >= 4 is 0 Å². The number of allylic oxidation sites excluding steroid dienone is 2. The van der Waals surface area contributed by atoms with Crippen LogP contribution in [0.1, 0.15) is 39.5 Å². The molecule has 0 bridgehead atoms. The standard InChI is InChI=1S/C14H20O2/c1-3-9-13(15)11-7-5-6-8-12-14(16)10-4-2/h5-6,13-16H,3-4,9-10H2,1-2H3/b6-5-/t13-,14-/m0/s1. The molecule has 2 atom stereocenters. The Morgan fingerprint density at radius 1 is 0.875 bits per heavy atom. The van der Waals surface area contributed by atoms with E-state index in [0.717, 1.165) is 12.8 Å². The van der Waals surface area contributed by atoms with E-state index in [-0.39, 0.29) is 0 Å². The lowest BCUT2D eigenvalue weighted by molar-refractivity contribution is 0.220. The van der Waals surface area contributed by atoms with Crippen LogP contribution in [0.3, 0.4) is 0 Å². The normalized spacial score (nSPS) is 13.5. The van der Waals surface area contributed by atoms with Crippen molar-refractivity contribution < 1.29 is 10.2 Å². The maximum atomic E-state index is 9.28. The van der Waals surface area contributed by atoms with Gasteiger partial charge in [-0.05, 0) is 25.0 Å². The Hall–Kier alpha value is -1.22. The van der Waals surface area contributed by atoms with Gasteiger partial charge in [-0.15, -0.1) is 0 Å². The molecule has 0 rings (SSSR count). The highest BCUT2D eigenvalue weighted by molar-refractivity contribution is 5.26. The van der Waals surface area contributed by atoms with Crippen LogP contribution in [0, 0.1) is 23.7 Å². The van der Waals surface area contributed by atoms with Crippen LogP contribution in [0.5, 0.6) is 0 Å². The zero-order chi connectivity index (χ0) is 12.2. The van der Waals surface area contributed by atoms with E-state index in [1.54, 1.807) is 12.2 Å². The van der Waals surface area contributed by atoms with Crippen molar-refractivity contribution in [1.29, 1.82) is 0 Å². The molecular formula is C14H20O2. The van der Waals surface area contributed by atoms with Crippen molar-refractivity contribution in [2.24, 2.45) is 0 Å². The van der Waals surface area contributed by atoms with Gasteiger partial charge >= 0.3 is 0 Å². The van der Waals surface area contributed by atoms with Gasteiger partial charge in [0.25, 0.3) is 0 Å². The van der Waals surface area contributed by atoms with Crippen LogP contribution >= 0.6 is 0 Å². The van der Waals surface area contributed by atoms with E-state index in [2.05, 4.69) is 23.7 Å². The molecule has 2 nitrogen and oxygen atoms in total. The lowest BCUT2D eigenvalue weighted by Gasteiger charge is -1.96. The monoisotopic (exact) mass is 220 g/mol. The number of aliphatic hydroxyl groups is 2. The second kappa shape index (κ2) is 10.3. The zero-order valence-corrected chi connectivity index (χ0v) is 10.0. The van der Waals surface area contributed by atoms with E-state index in [9.17, 15) is 10.2 Å². The molecule has 0 amide bonds. The molecule has 0 spiro atoms. The van der Waals surface area contributed by atoms with Gasteiger partial charge in [-0.25, -0.2) is 0 Å². The first kappa shape index (κ1) is 14.8. The van der Waals surface area contributed by atoms with Gasteiger partial charge in [-0.2, -0.15) is 0 Å². The largest absolute Gasteiger partial charge is 0.380 e. The van der Waals surface area contributed by atoms with Crippen LogP contribution in [-0.4, -0.2) is 22.4 Å². The third-order valence-electron chi connectivity index (χ3n) is 1.87. The third kappa shape index (κ3) is 9.34. The molecule has 0 aromatic heterocycles. The average molecular weight is 220 g/mol. The Bertz CT molecular complexity index is 277. The van der Waals surface area contributed by atoms with E-state index < -0.39 is 12.2 Å². The molecule has 0 saturated heterocycles. The summed E-state index contributed by atoms with van der Waals surface area (Å²) >= 11 is 0. The first-order valence-electron chi connectivity index (χ1n) is 5.74. The highest BCUT2D eigenvalue weighted by Gasteiger charge is 1.94. The summed E-state index contributed by atoms with van der Waals surface area (Å²) in [5.41, 5.74) is 0. The second-order valence-corrected chi connectivity index (χ2v) is 3.52. The summed E-state index contributed by atoms with van der Waals surface area (Å²) in [5, 5.41) is 18.6. The Labute approximate surface area is 98.4 Å². The molecule has 0 unspecified atom stereocenters. The Morgan fingerprint density at radius 3 is 1.56 bits per heavy atom. The summed E-state index contributed by atoms with van der Waals surface area (Å²) < 4.78 is 0. The summed E-state index contributed by atoms with van der Waals surface area (Å²) in [6, 6.07) is 0. The van der Waals surface area contributed by atoms with Crippen LogP contribution in [0.25, 0.3) is 0 Å². The first-order valence-corrected chi connectivity index (χ1v) is 5.74. The van der Waals surface area contributed by atoms with Gasteiger partial charge in [0, 0.05) is 0 Å². The van der Waals surface area contributed by atoms with Crippen molar-refractivity contribution in [3.05, 3.63) is 12.2 Å². The summed E-state index contributed by atoms with van der Waals surface area (Å²) in [5.74, 6) is 10.8. The van der Waals surface area contributed by atoms with Crippen molar-refractivity contribution in [2.45, 2.75) is 51.7 Å². The molecule has 0 heterocycles. The van der Waals surface area contributed by atoms with Gasteiger partial charge in [0.05, 0.1) is 0 Å². The average Bonchev–Trinajstić information content (AvgIpc) is 2.24. The molecule has 0 aromatic carbocycles. The number of hydrogen-bond donors (Lipinski definition) is 2. The molecule has 0 aliphatic carbocycles. The van der Waals surface area contributed by atoms with E-state index in [4.69, 9.17) is 0 Å². The molecule has 0 aliphatic rings. The van der Waals surface area contributed by atoms with Crippen molar-refractivity contribution in [3.8, 4) is 23.7 Å². The van der Waals surface area contributed by atoms with Crippen LogP contribution < -0.4 is 0 Å². The van der Waals surface area contributed by atoms with Crippen LogP contribution in [0.4, 0.5) is 0 Å². The zero-order valence-electron chi connectivity index (χ0n) is 10.0. The molecule has 16 heavy (non-hydrogen) atoms. The van der Waals surface area contributed by atoms with E-state index >= 15 is 0 Å². The van der Waals surface area contributed by atoms with E-state index in [1.807, 2.05) is 13.8 Å². The van der Waals surface area contributed by atoms with Gasteiger partial charge in [0.1, 0.15) is 12.2 Å². The fourth-order valence-electron chi connectivity index (χ4n) is 1.06. The van der Waals surface area contributed by atoms with Gasteiger partial charge in [0.2, 0.25) is 0 Å².